The molecule has 2 heterocycles. The number of hydrogen-bond donors (Lipinski definition) is 2. The van der Waals surface area contributed by atoms with Crippen LogP contribution in [0.25, 0.3) is 5.69 Å². The number of amides is 1. The van der Waals surface area contributed by atoms with Gasteiger partial charge in [0.1, 0.15) is 5.69 Å². The molecule has 0 saturated carbocycles. The Morgan fingerprint density at radius 2 is 1.85 bits per heavy atom. The molecule has 1 aliphatic heterocycles. The van der Waals surface area contributed by atoms with Crippen molar-refractivity contribution in [2.24, 2.45) is 5.92 Å². The fourth-order valence-corrected chi connectivity index (χ4v) is 3.14. The topological polar surface area (TPSA) is 59.0 Å². The molecule has 9 heteroatoms. The monoisotopic (exact) mass is 402 g/mol. The van der Waals surface area contributed by atoms with Crippen molar-refractivity contribution in [3.63, 3.8) is 0 Å². The van der Waals surface area contributed by atoms with Crippen LogP contribution in [0.15, 0.2) is 36.5 Å². The van der Waals surface area contributed by atoms with Crippen LogP contribution in [0.1, 0.15) is 31.4 Å². The number of nitrogens with one attached hydrogen (secondary N) is 2. The third-order valence-corrected chi connectivity index (χ3v) is 4.57. The molecule has 1 fully saturated rings. The van der Waals surface area contributed by atoms with E-state index in [-0.39, 0.29) is 24.0 Å². The summed E-state index contributed by atoms with van der Waals surface area (Å²) < 4.78 is 39.6. The largest absolute Gasteiger partial charge is 0.433 e. The summed E-state index contributed by atoms with van der Waals surface area (Å²) >= 11 is 0. The third kappa shape index (κ3) is 5.71. The van der Waals surface area contributed by atoms with Gasteiger partial charge in [-0.2, -0.15) is 18.3 Å². The molecule has 2 N–H and O–H groups in total. The van der Waals surface area contributed by atoms with Crippen LogP contribution in [0.3, 0.4) is 0 Å². The van der Waals surface area contributed by atoms with Gasteiger partial charge >= 0.3 is 6.18 Å². The Bertz CT molecular complexity index is 740. The van der Waals surface area contributed by atoms with E-state index in [1.165, 1.54) is 12.1 Å². The Labute approximate surface area is 161 Å². The highest BCUT2D eigenvalue weighted by Crippen LogP contribution is 2.30. The van der Waals surface area contributed by atoms with Gasteiger partial charge in [0.05, 0.1) is 11.9 Å². The molecule has 3 rings (SSSR count). The Hall–Kier alpha value is -2.06. The molecule has 5 nitrogen and oxygen atoms in total. The number of alkyl halides is 3. The van der Waals surface area contributed by atoms with Crippen molar-refractivity contribution < 1.29 is 18.0 Å². The van der Waals surface area contributed by atoms with Crippen LogP contribution in [0.2, 0.25) is 0 Å². The maximum absolute atomic E-state index is 12.9. The van der Waals surface area contributed by atoms with Gasteiger partial charge in [0, 0.05) is 12.1 Å². The van der Waals surface area contributed by atoms with Crippen molar-refractivity contribution in [1.29, 1.82) is 0 Å². The minimum Gasteiger partial charge on any atom is -0.326 e. The van der Waals surface area contributed by atoms with E-state index >= 15 is 0 Å². The summed E-state index contributed by atoms with van der Waals surface area (Å²) in [6, 6.07) is 7.10. The average molecular weight is 403 g/mol. The van der Waals surface area contributed by atoms with Gasteiger partial charge in [-0.3, -0.25) is 4.79 Å². The fraction of sp³-hybridized carbons (Fsp3) is 0.444. The number of rotatable bonds is 5. The zero-order valence-corrected chi connectivity index (χ0v) is 15.4. The molecule has 0 spiro atoms. The van der Waals surface area contributed by atoms with E-state index in [1.54, 1.807) is 12.1 Å². The van der Waals surface area contributed by atoms with Gasteiger partial charge in [0.15, 0.2) is 0 Å². The molecule has 1 aliphatic rings. The van der Waals surface area contributed by atoms with Crippen molar-refractivity contribution in [2.45, 2.75) is 31.9 Å². The number of aromatic nitrogens is 2. The number of carbonyl (C=O) groups excluding carboxylic acids is 1. The number of benzene rings is 1. The zero-order chi connectivity index (χ0) is 18.6. The van der Waals surface area contributed by atoms with Crippen molar-refractivity contribution in [3.05, 3.63) is 42.2 Å². The molecule has 2 aromatic rings. The van der Waals surface area contributed by atoms with Gasteiger partial charge < -0.3 is 10.6 Å². The van der Waals surface area contributed by atoms with Crippen LogP contribution in [-0.4, -0.2) is 28.8 Å². The Morgan fingerprint density at radius 1 is 1.19 bits per heavy atom. The quantitative estimate of drug-likeness (QED) is 0.793. The molecule has 0 radical (unpaired) electrons. The highest BCUT2D eigenvalue weighted by Gasteiger charge is 2.35. The third-order valence-electron chi connectivity index (χ3n) is 4.57. The minimum absolute atomic E-state index is 0. The second kappa shape index (κ2) is 9.23. The van der Waals surface area contributed by atoms with Crippen molar-refractivity contribution in [3.8, 4) is 5.69 Å². The molecule has 0 unspecified atom stereocenters. The lowest BCUT2D eigenvalue weighted by Crippen LogP contribution is -2.28. The summed E-state index contributed by atoms with van der Waals surface area (Å²) in [5.41, 5.74) is 0.0102. The van der Waals surface area contributed by atoms with Crippen LogP contribution < -0.4 is 10.6 Å². The number of nitrogens with zero attached hydrogens (tertiary/aromatic N) is 2. The summed E-state index contributed by atoms with van der Waals surface area (Å²) in [5, 5.41) is 9.82. The van der Waals surface area contributed by atoms with Gasteiger partial charge in [0.2, 0.25) is 5.91 Å². The smallest absolute Gasteiger partial charge is 0.326 e. The molecule has 27 heavy (non-hydrogen) atoms. The van der Waals surface area contributed by atoms with Gasteiger partial charge in [-0.05, 0) is 68.6 Å². The predicted octanol–water partition coefficient (Wildman–Crippen LogP) is 4.03. The molecule has 1 aromatic carbocycles. The Morgan fingerprint density at radius 3 is 2.48 bits per heavy atom. The first-order chi connectivity index (χ1) is 12.4. The molecule has 1 aromatic heterocycles. The molecule has 0 bridgehead atoms. The first-order valence-corrected chi connectivity index (χ1v) is 8.66. The SMILES string of the molecule is Cl.O=C(CCC1CCNCC1)Nc1ccc(-n2nccc2C(F)(F)F)cc1. The van der Waals surface area contributed by atoms with Gasteiger partial charge in [-0.15, -0.1) is 12.4 Å². The molecule has 148 valence electrons. The summed E-state index contributed by atoms with van der Waals surface area (Å²) in [5.74, 6) is 0.497. The summed E-state index contributed by atoms with van der Waals surface area (Å²) in [6.07, 6.45) is 0.121. The predicted molar refractivity (Wildman–Crippen MR) is 99.3 cm³/mol. The maximum Gasteiger partial charge on any atom is 0.433 e. The number of halogens is 4. The lowest BCUT2D eigenvalue weighted by Gasteiger charge is -2.22. The summed E-state index contributed by atoms with van der Waals surface area (Å²) in [6.45, 7) is 2.00. The molecule has 0 atom stereocenters. The normalized spacial score (nSPS) is 15.2. The molecule has 1 amide bonds. The lowest BCUT2D eigenvalue weighted by molar-refractivity contribution is -0.142. The van der Waals surface area contributed by atoms with E-state index in [1.807, 2.05) is 0 Å². The van der Waals surface area contributed by atoms with Crippen LogP contribution in [0, 0.1) is 5.92 Å². The van der Waals surface area contributed by atoms with Gasteiger partial charge in [-0.25, -0.2) is 4.68 Å². The van der Waals surface area contributed by atoms with Crippen LogP contribution in [0.5, 0.6) is 0 Å². The first-order valence-electron chi connectivity index (χ1n) is 8.66. The Kier molecular flexibility index (Phi) is 7.26. The standard InChI is InChI=1S/C18H21F3N4O.ClH/c19-18(20,21)16-9-12-23-25(16)15-4-2-14(3-5-15)24-17(26)6-1-13-7-10-22-11-8-13;/h2-5,9,12-13,22H,1,6-8,10-11H2,(H,24,26);1H. The molecular formula is C18H22ClF3N4O. The van der Waals surface area contributed by atoms with Crippen LogP contribution in [-0.2, 0) is 11.0 Å². The Balaban J connectivity index is 0.00000261. The molecule has 0 aliphatic carbocycles. The second-order valence-corrected chi connectivity index (χ2v) is 6.45. The first kappa shape index (κ1) is 21.2. The van der Waals surface area contributed by atoms with Crippen LogP contribution >= 0.6 is 12.4 Å². The summed E-state index contributed by atoms with van der Waals surface area (Å²) in [4.78, 5) is 12.1. The van der Waals surface area contributed by atoms with Crippen molar-refractivity contribution >= 4 is 24.0 Å². The lowest BCUT2D eigenvalue weighted by atomic mass is 9.93. The zero-order valence-electron chi connectivity index (χ0n) is 14.6. The number of piperidine rings is 1. The van der Waals surface area contributed by atoms with Crippen molar-refractivity contribution in [2.75, 3.05) is 18.4 Å². The van der Waals surface area contributed by atoms with Gasteiger partial charge in [0.25, 0.3) is 0 Å². The van der Waals surface area contributed by atoms with E-state index < -0.39 is 11.9 Å². The minimum atomic E-state index is -4.47. The van der Waals surface area contributed by atoms with E-state index in [4.69, 9.17) is 0 Å². The fourth-order valence-electron chi connectivity index (χ4n) is 3.14. The number of anilines is 1. The maximum atomic E-state index is 12.9. The number of carbonyl (C=O) groups is 1. The van der Waals surface area contributed by atoms with E-state index in [2.05, 4.69) is 15.7 Å². The van der Waals surface area contributed by atoms with Crippen LogP contribution in [0.4, 0.5) is 18.9 Å². The number of hydrogen-bond acceptors (Lipinski definition) is 3. The second-order valence-electron chi connectivity index (χ2n) is 6.45. The average Bonchev–Trinajstić information content (AvgIpc) is 3.12. The highest BCUT2D eigenvalue weighted by molar-refractivity contribution is 5.90. The highest BCUT2D eigenvalue weighted by atomic mass is 35.5. The molecular weight excluding hydrogens is 381 g/mol. The molecule has 1 saturated heterocycles. The van der Waals surface area contributed by atoms with E-state index in [0.29, 0.717) is 18.0 Å². The van der Waals surface area contributed by atoms with Crippen molar-refractivity contribution in [1.82, 2.24) is 15.1 Å². The summed E-state index contributed by atoms with van der Waals surface area (Å²) in [7, 11) is 0. The van der Waals surface area contributed by atoms with E-state index in [9.17, 15) is 18.0 Å². The van der Waals surface area contributed by atoms with Gasteiger partial charge in [-0.1, -0.05) is 0 Å². The van der Waals surface area contributed by atoms with E-state index in [0.717, 1.165) is 49.3 Å².